The topological polar surface area (TPSA) is 20.3 Å². The molecule has 0 aliphatic carbocycles. The van der Waals surface area contributed by atoms with Crippen LogP contribution in [0.15, 0.2) is 72.8 Å². The summed E-state index contributed by atoms with van der Waals surface area (Å²) in [5.74, 6) is 0.109. The van der Waals surface area contributed by atoms with Gasteiger partial charge in [0.05, 0.1) is 6.04 Å². The van der Waals surface area contributed by atoms with E-state index < -0.39 is 0 Å². The van der Waals surface area contributed by atoms with Gasteiger partial charge in [0.2, 0.25) is 0 Å². The minimum atomic E-state index is -0.0334. The first-order chi connectivity index (χ1) is 13.2. The minimum absolute atomic E-state index is 0.0334. The molecule has 0 N–H and O–H groups in total. The van der Waals surface area contributed by atoms with Crippen LogP contribution in [-0.4, -0.2) is 17.4 Å². The molecule has 136 valence electrons. The smallest absolute Gasteiger partial charge is 0.254 e. The second-order valence-electron chi connectivity index (χ2n) is 7.31. The van der Waals surface area contributed by atoms with E-state index in [9.17, 15) is 4.79 Å². The lowest BCUT2D eigenvalue weighted by Gasteiger charge is -2.38. The molecule has 4 rings (SSSR count). The summed E-state index contributed by atoms with van der Waals surface area (Å²) < 4.78 is 0. The number of benzene rings is 3. The number of aryl methyl sites for hydroxylation is 2. The summed E-state index contributed by atoms with van der Waals surface area (Å²) in [5, 5.41) is 0. The zero-order valence-corrected chi connectivity index (χ0v) is 16.0. The predicted molar refractivity (Wildman–Crippen MR) is 110 cm³/mol. The van der Waals surface area contributed by atoms with Crippen molar-refractivity contribution >= 4 is 5.91 Å². The molecule has 1 atom stereocenters. The molecule has 2 heteroatoms. The Labute approximate surface area is 161 Å². The number of hydrogen-bond acceptors (Lipinski definition) is 1. The number of rotatable bonds is 3. The minimum Gasteiger partial charge on any atom is -0.327 e. The summed E-state index contributed by atoms with van der Waals surface area (Å²) in [7, 11) is 0. The molecule has 0 saturated heterocycles. The maximum Gasteiger partial charge on any atom is 0.254 e. The van der Waals surface area contributed by atoms with Crippen molar-refractivity contribution in [1.82, 2.24) is 4.90 Å². The molecule has 0 bridgehead atoms. The van der Waals surface area contributed by atoms with E-state index in [0.717, 1.165) is 24.9 Å². The van der Waals surface area contributed by atoms with Crippen LogP contribution in [0.25, 0.3) is 0 Å². The second kappa shape index (κ2) is 7.40. The molecule has 3 aromatic rings. The Kier molecular flexibility index (Phi) is 4.81. The molecular formula is C25H25NO. The quantitative estimate of drug-likeness (QED) is 0.620. The molecule has 0 radical (unpaired) electrons. The van der Waals surface area contributed by atoms with Crippen molar-refractivity contribution in [3.05, 3.63) is 106 Å². The Hall–Kier alpha value is -2.87. The Morgan fingerprint density at radius 2 is 1.67 bits per heavy atom. The van der Waals surface area contributed by atoms with Gasteiger partial charge >= 0.3 is 0 Å². The Morgan fingerprint density at radius 3 is 2.37 bits per heavy atom. The van der Waals surface area contributed by atoms with Crippen LogP contribution in [0.3, 0.4) is 0 Å². The lowest BCUT2D eigenvalue weighted by molar-refractivity contribution is 0.0694. The average Bonchev–Trinajstić information content (AvgIpc) is 2.73. The number of hydrogen-bond donors (Lipinski definition) is 0. The van der Waals surface area contributed by atoms with Gasteiger partial charge in [0.15, 0.2) is 0 Å². The molecule has 0 unspecified atom stereocenters. The molecule has 1 aliphatic rings. The van der Waals surface area contributed by atoms with Crippen LogP contribution >= 0.6 is 0 Å². The Bertz CT molecular complexity index is 941. The van der Waals surface area contributed by atoms with Crippen LogP contribution < -0.4 is 0 Å². The molecule has 27 heavy (non-hydrogen) atoms. The number of carbonyl (C=O) groups is 1. The van der Waals surface area contributed by atoms with Gasteiger partial charge in [0.1, 0.15) is 0 Å². The fraction of sp³-hybridized carbons (Fsp3) is 0.240. The highest BCUT2D eigenvalue weighted by atomic mass is 16.2. The van der Waals surface area contributed by atoms with Crippen molar-refractivity contribution in [3.63, 3.8) is 0 Å². The highest BCUT2D eigenvalue weighted by Gasteiger charge is 2.32. The summed E-state index contributed by atoms with van der Waals surface area (Å²) in [5.41, 5.74) is 7.01. The number of fused-ring (bicyclic) bond motifs is 1. The third-order valence-electron chi connectivity index (χ3n) is 5.55. The van der Waals surface area contributed by atoms with Crippen molar-refractivity contribution in [2.45, 2.75) is 32.7 Å². The summed E-state index contributed by atoms with van der Waals surface area (Å²) in [4.78, 5) is 15.4. The molecule has 0 fully saturated rings. The molecule has 1 heterocycles. The van der Waals surface area contributed by atoms with Crippen LogP contribution in [0, 0.1) is 6.92 Å². The molecule has 0 spiro atoms. The first-order valence-electron chi connectivity index (χ1n) is 9.71. The van der Waals surface area contributed by atoms with Crippen LogP contribution in [0.1, 0.15) is 51.1 Å². The van der Waals surface area contributed by atoms with Gasteiger partial charge in [-0.2, -0.15) is 0 Å². The SMILES string of the molecule is CCc1ccc(C(=O)N2CCc3ccccc3[C@@H]2c2ccc(C)cc2)cc1. The highest BCUT2D eigenvalue weighted by molar-refractivity contribution is 5.95. The zero-order valence-electron chi connectivity index (χ0n) is 16.0. The summed E-state index contributed by atoms with van der Waals surface area (Å²) in [6.07, 6.45) is 1.88. The van der Waals surface area contributed by atoms with Gasteiger partial charge in [-0.1, -0.05) is 73.2 Å². The Balaban J connectivity index is 1.75. The van der Waals surface area contributed by atoms with Crippen molar-refractivity contribution in [1.29, 1.82) is 0 Å². The molecule has 3 aromatic carbocycles. The summed E-state index contributed by atoms with van der Waals surface area (Å²) in [6.45, 7) is 4.96. The molecule has 1 amide bonds. The zero-order chi connectivity index (χ0) is 18.8. The maximum atomic E-state index is 13.4. The predicted octanol–water partition coefficient (Wildman–Crippen LogP) is 5.35. The van der Waals surface area contributed by atoms with E-state index in [1.165, 1.54) is 27.8 Å². The third-order valence-corrected chi connectivity index (χ3v) is 5.55. The first kappa shape index (κ1) is 17.5. The number of carbonyl (C=O) groups excluding carboxylic acids is 1. The van der Waals surface area contributed by atoms with E-state index in [-0.39, 0.29) is 11.9 Å². The highest BCUT2D eigenvalue weighted by Crippen LogP contribution is 2.36. The van der Waals surface area contributed by atoms with Crippen LogP contribution in [-0.2, 0) is 12.8 Å². The maximum absolute atomic E-state index is 13.4. The molecule has 2 nitrogen and oxygen atoms in total. The van der Waals surface area contributed by atoms with Crippen molar-refractivity contribution in [2.75, 3.05) is 6.54 Å². The van der Waals surface area contributed by atoms with Gasteiger partial charge in [0.25, 0.3) is 5.91 Å². The summed E-state index contributed by atoms with van der Waals surface area (Å²) in [6, 6.07) is 25.1. The van der Waals surface area contributed by atoms with Crippen LogP contribution in [0.4, 0.5) is 0 Å². The Morgan fingerprint density at radius 1 is 0.963 bits per heavy atom. The number of amides is 1. The lowest BCUT2D eigenvalue weighted by Crippen LogP contribution is -2.40. The van der Waals surface area contributed by atoms with Crippen molar-refractivity contribution in [2.24, 2.45) is 0 Å². The van der Waals surface area contributed by atoms with Gasteiger partial charge in [-0.15, -0.1) is 0 Å². The summed E-state index contributed by atoms with van der Waals surface area (Å²) >= 11 is 0. The second-order valence-corrected chi connectivity index (χ2v) is 7.31. The van der Waals surface area contributed by atoms with Crippen LogP contribution in [0.2, 0.25) is 0 Å². The molecule has 0 aromatic heterocycles. The van der Waals surface area contributed by atoms with Gasteiger partial charge in [-0.3, -0.25) is 4.79 Å². The van der Waals surface area contributed by atoms with Gasteiger partial charge in [-0.25, -0.2) is 0 Å². The third kappa shape index (κ3) is 3.40. The van der Waals surface area contributed by atoms with Gasteiger partial charge in [-0.05, 0) is 54.2 Å². The van der Waals surface area contributed by atoms with E-state index in [0.29, 0.717) is 0 Å². The molecule has 0 saturated carbocycles. The van der Waals surface area contributed by atoms with E-state index in [2.05, 4.69) is 74.5 Å². The largest absolute Gasteiger partial charge is 0.327 e. The number of nitrogens with zero attached hydrogens (tertiary/aromatic N) is 1. The average molecular weight is 355 g/mol. The van der Waals surface area contributed by atoms with E-state index in [4.69, 9.17) is 0 Å². The van der Waals surface area contributed by atoms with Crippen LogP contribution in [0.5, 0.6) is 0 Å². The van der Waals surface area contributed by atoms with E-state index in [1.54, 1.807) is 0 Å². The van der Waals surface area contributed by atoms with E-state index >= 15 is 0 Å². The first-order valence-corrected chi connectivity index (χ1v) is 9.71. The van der Waals surface area contributed by atoms with Gasteiger partial charge < -0.3 is 4.90 Å². The van der Waals surface area contributed by atoms with Gasteiger partial charge in [0, 0.05) is 12.1 Å². The monoisotopic (exact) mass is 355 g/mol. The standard InChI is InChI=1S/C25H25NO/c1-3-19-10-14-22(15-11-19)25(27)26-17-16-20-6-4-5-7-23(20)24(26)21-12-8-18(2)9-13-21/h4-15,24H,3,16-17H2,1-2H3/t24-/m0/s1. The van der Waals surface area contributed by atoms with E-state index in [1.807, 2.05) is 17.0 Å². The fourth-order valence-corrected chi connectivity index (χ4v) is 3.94. The molecular weight excluding hydrogens is 330 g/mol. The normalized spacial score (nSPS) is 16.1. The van der Waals surface area contributed by atoms with Crippen molar-refractivity contribution < 1.29 is 4.79 Å². The lowest BCUT2D eigenvalue weighted by atomic mass is 9.87. The fourth-order valence-electron chi connectivity index (χ4n) is 3.94. The molecule has 1 aliphatic heterocycles. The van der Waals surface area contributed by atoms with Crippen molar-refractivity contribution in [3.8, 4) is 0 Å².